The van der Waals surface area contributed by atoms with E-state index in [0.717, 1.165) is 16.7 Å². The van der Waals surface area contributed by atoms with Gasteiger partial charge in [-0.25, -0.2) is 4.98 Å². The zero-order valence-corrected chi connectivity index (χ0v) is 22.6. The van der Waals surface area contributed by atoms with Crippen LogP contribution in [0.1, 0.15) is 5.69 Å². The lowest BCUT2D eigenvalue weighted by Crippen LogP contribution is -2.49. The molecular weight excluding hydrogens is 413 g/mol. The van der Waals surface area contributed by atoms with Crippen LogP contribution in [0.25, 0.3) is 11.0 Å². The zero-order valence-electron chi connectivity index (χ0n) is 19.6. The molecule has 0 aliphatic carbocycles. The third-order valence-electron chi connectivity index (χ3n) is 4.01. The molecule has 162 valence electrons. The van der Waals surface area contributed by atoms with Gasteiger partial charge in [0.05, 0.1) is 35.5 Å². The molecule has 0 aliphatic rings. The summed E-state index contributed by atoms with van der Waals surface area (Å²) < 4.78 is 19.5. The summed E-state index contributed by atoms with van der Waals surface area (Å²) in [6, 6.07) is 7.97. The first kappa shape index (κ1) is 24.4. The second-order valence-electron chi connectivity index (χ2n) is 10.5. The maximum atomic E-state index is 6.63. The molecule has 0 saturated heterocycles. The van der Waals surface area contributed by atoms with Crippen molar-refractivity contribution in [1.29, 1.82) is 0 Å². The molecule has 0 saturated carbocycles. The van der Waals surface area contributed by atoms with E-state index in [2.05, 4.69) is 63.9 Å². The Kier molecular flexibility index (Phi) is 7.97. The van der Waals surface area contributed by atoms with Gasteiger partial charge in [0, 0.05) is 12.6 Å². The van der Waals surface area contributed by atoms with E-state index in [1.807, 2.05) is 30.5 Å². The van der Waals surface area contributed by atoms with E-state index in [0.29, 0.717) is 13.0 Å². The monoisotopic (exact) mass is 450 g/mol. The molecule has 0 radical (unpaired) electrons. The molecule has 0 bridgehead atoms. The van der Waals surface area contributed by atoms with Crippen molar-refractivity contribution in [2.45, 2.75) is 77.6 Å². The van der Waals surface area contributed by atoms with Crippen molar-refractivity contribution in [2.75, 3.05) is 6.61 Å². The molecule has 0 spiro atoms. The second kappa shape index (κ2) is 9.49. The van der Waals surface area contributed by atoms with Gasteiger partial charge in [-0.2, -0.15) is 0 Å². The Bertz CT molecular complexity index is 798. The Labute approximate surface area is 179 Å². The highest BCUT2D eigenvalue weighted by Crippen LogP contribution is 2.22. The topological polar surface area (TPSA) is 53.5 Å². The minimum atomic E-state index is -1.80. The molecule has 0 fully saturated rings. The minimum absolute atomic E-state index is 0.0970. The molecule has 2 aromatic rings. The first-order valence-corrected chi connectivity index (χ1v) is 20.6. The molecule has 0 N–H and O–H groups in total. The molecule has 8 heteroatoms. The number of hydrogen-bond acceptors (Lipinski definition) is 5. The van der Waals surface area contributed by atoms with Crippen molar-refractivity contribution in [3.05, 3.63) is 36.2 Å². The average Bonchev–Trinajstić information content (AvgIpc) is 2.55. The van der Waals surface area contributed by atoms with Gasteiger partial charge < -0.3 is 13.3 Å². The average molecular weight is 451 g/mol. The molecule has 1 aromatic carbocycles. The highest BCUT2D eigenvalue weighted by atomic mass is 28.4. The van der Waals surface area contributed by atoms with Gasteiger partial charge in [-0.15, -0.1) is 0 Å². The van der Waals surface area contributed by atoms with Crippen LogP contribution in [0.15, 0.2) is 30.5 Å². The van der Waals surface area contributed by atoms with Crippen LogP contribution in [0.4, 0.5) is 0 Å². The number of nitrogens with zero attached hydrogens (tertiary/aromatic N) is 2. The third kappa shape index (κ3) is 9.18. The lowest BCUT2D eigenvalue weighted by molar-refractivity contribution is 0.0118. The Morgan fingerprint density at radius 3 is 1.86 bits per heavy atom. The Morgan fingerprint density at radius 1 is 0.759 bits per heavy atom. The van der Waals surface area contributed by atoms with Crippen molar-refractivity contribution < 1.29 is 13.3 Å². The number of hydrogen-bond donors (Lipinski definition) is 0. The summed E-state index contributed by atoms with van der Waals surface area (Å²) >= 11 is 0. The molecule has 0 aliphatic heterocycles. The van der Waals surface area contributed by atoms with E-state index in [9.17, 15) is 0 Å². The van der Waals surface area contributed by atoms with Crippen molar-refractivity contribution >= 4 is 36.0 Å². The molecule has 1 aromatic heterocycles. The van der Waals surface area contributed by atoms with Crippen LogP contribution in [0.3, 0.4) is 0 Å². The number of rotatable bonds is 10. The van der Waals surface area contributed by atoms with Crippen molar-refractivity contribution in [2.24, 2.45) is 0 Å². The van der Waals surface area contributed by atoms with Crippen LogP contribution in [0.2, 0.25) is 58.9 Å². The molecule has 29 heavy (non-hydrogen) atoms. The van der Waals surface area contributed by atoms with E-state index < -0.39 is 25.0 Å². The van der Waals surface area contributed by atoms with Gasteiger partial charge in [-0.1, -0.05) is 12.1 Å². The molecule has 0 amide bonds. The molecule has 2 atom stereocenters. The predicted molar refractivity (Wildman–Crippen MR) is 129 cm³/mol. The van der Waals surface area contributed by atoms with Gasteiger partial charge in [-0.05, 0) is 71.1 Å². The fourth-order valence-corrected chi connectivity index (χ4v) is 5.94. The Morgan fingerprint density at radius 2 is 1.31 bits per heavy atom. The number of benzene rings is 1. The van der Waals surface area contributed by atoms with Crippen LogP contribution in [0, 0.1) is 0 Å². The second-order valence-corrected chi connectivity index (χ2v) is 23.9. The van der Waals surface area contributed by atoms with Crippen molar-refractivity contribution in [3.8, 4) is 0 Å². The van der Waals surface area contributed by atoms with Gasteiger partial charge in [0.25, 0.3) is 0 Å². The number of para-hydroxylation sites is 2. The molecule has 0 unspecified atom stereocenters. The molecule has 5 nitrogen and oxygen atoms in total. The van der Waals surface area contributed by atoms with Crippen LogP contribution >= 0.6 is 0 Å². The summed E-state index contributed by atoms with van der Waals surface area (Å²) in [7, 11) is -5.24. The lowest BCUT2D eigenvalue weighted by atomic mass is 10.1. The van der Waals surface area contributed by atoms with E-state index >= 15 is 0 Å². The summed E-state index contributed by atoms with van der Waals surface area (Å²) in [6.45, 7) is 20.5. The maximum Gasteiger partial charge on any atom is 0.184 e. The fourth-order valence-electron chi connectivity index (χ4n) is 3.01. The number of fused-ring (bicyclic) bond motifs is 1. The maximum absolute atomic E-state index is 6.63. The Balaban J connectivity index is 2.32. The van der Waals surface area contributed by atoms with E-state index in [-0.39, 0.29) is 12.2 Å². The highest BCUT2D eigenvalue weighted by Gasteiger charge is 2.34. The molecular formula is C21H38N2O3Si3. The van der Waals surface area contributed by atoms with E-state index in [1.54, 1.807) is 0 Å². The van der Waals surface area contributed by atoms with Crippen molar-refractivity contribution in [3.63, 3.8) is 0 Å². The van der Waals surface area contributed by atoms with Crippen LogP contribution < -0.4 is 0 Å². The van der Waals surface area contributed by atoms with Gasteiger partial charge in [0.1, 0.15) is 0 Å². The summed E-state index contributed by atoms with van der Waals surface area (Å²) in [5, 5.41) is 0. The van der Waals surface area contributed by atoms with E-state index in [4.69, 9.17) is 18.3 Å². The first-order chi connectivity index (χ1) is 13.2. The molecule has 1 heterocycles. The normalized spacial score (nSPS) is 15.5. The largest absolute Gasteiger partial charge is 0.415 e. The first-order valence-electron chi connectivity index (χ1n) is 10.4. The van der Waals surface area contributed by atoms with Gasteiger partial charge in [0.15, 0.2) is 25.0 Å². The van der Waals surface area contributed by atoms with Crippen LogP contribution in [-0.4, -0.2) is 53.7 Å². The quantitative estimate of drug-likeness (QED) is 0.450. The Hall–Kier alpha value is -0.909. The summed E-state index contributed by atoms with van der Waals surface area (Å²) in [5.41, 5.74) is 2.76. The SMILES string of the molecule is C[Si](C)(C)OC[C@@H](O[Si](C)(C)C)[C@H](Cc1cnc2ccccc2n1)O[Si](C)(C)C. The summed E-state index contributed by atoms with van der Waals surface area (Å²) in [6.07, 6.45) is 2.34. The number of aromatic nitrogens is 2. The molecule has 2 rings (SSSR count). The van der Waals surface area contributed by atoms with Gasteiger partial charge in [0.2, 0.25) is 0 Å². The summed E-state index contributed by atoms with van der Waals surface area (Å²) in [4.78, 5) is 9.42. The van der Waals surface area contributed by atoms with E-state index in [1.165, 1.54) is 0 Å². The standard InChI is InChI=1S/C21H38N2O3Si3/c1-27(2,3)24-16-21(26-29(7,8)9)20(25-28(4,5)6)14-17-15-22-18-12-10-11-13-19(18)23-17/h10-13,15,20-21H,14,16H2,1-9H3/t20-,21+/m0/s1. The fraction of sp³-hybridized carbons (Fsp3) is 0.619. The smallest absolute Gasteiger partial charge is 0.184 e. The van der Waals surface area contributed by atoms with Crippen LogP contribution in [0.5, 0.6) is 0 Å². The van der Waals surface area contributed by atoms with Crippen LogP contribution in [-0.2, 0) is 19.7 Å². The summed E-state index contributed by atoms with van der Waals surface area (Å²) in [5.74, 6) is 0. The predicted octanol–water partition coefficient (Wildman–Crippen LogP) is 5.46. The third-order valence-corrected chi connectivity index (χ3v) is 7.07. The highest BCUT2D eigenvalue weighted by molar-refractivity contribution is 6.70. The minimum Gasteiger partial charge on any atom is -0.415 e. The van der Waals surface area contributed by atoms with Crippen molar-refractivity contribution in [1.82, 2.24) is 9.97 Å². The van der Waals surface area contributed by atoms with Gasteiger partial charge in [-0.3, -0.25) is 4.98 Å². The lowest BCUT2D eigenvalue weighted by Gasteiger charge is -2.37. The van der Waals surface area contributed by atoms with Gasteiger partial charge >= 0.3 is 0 Å². The zero-order chi connectivity index (χ0) is 21.9.